The van der Waals surface area contributed by atoms with Crippen LogP contribution < -0.4 is 10.0 Å². The van der Waals surface area contributed by atoms with Gasteiger partial charge in [-0.3, -0.25) is 4.72 Å². The van der Waals surface area contributed by atoms with Crippen molar-refractivity contribution in [1.82, 2.24) is 5.32 Å². The third kappa shape index (κ3) is 3.52. The van der Waals surface area contributed by atoms with Gasteiger partial charge in [0, 0.05) is 16.8 Å². The van der Waals surface area contributed by atoms with E-state index in [1.54, 1.807) is 23.6 Å². The summed E-state index contributed by atoms with van der Waals surface area (Å²) in [5, 5.41) is 5.00. The zero-order chi connectivity index (χ0) is 14.8. The van der Waals surface area contributed by atoms with Gasteiger partial charge in [-0.2, -0.15) is 0 Å². The van der Waals surface area contributed by atoms with Crippen molar-refractivity contribution in [3.05, 3.63) is 45.1 Å². The molecule has 0 atom stereocenters. The fraction of sp³-hybridized carbons (Fsp3) is 0.231. The summed E-state index contributed by atoms with van der Waals surface area (Å²) in [6.45, 7) is 2.54. The van der Waals surface area contributed by atoms with Gasteiger partial charge in [-0.1, -0.05) is 17.7 Å². The minimum absolute atomic E-state index is 0.254. The third-order valence-electron chi connectivity index (χ3n) is 2.66. The molecule has 0 aliphatic carbocycles. The maximum Gasteiger partial charge on any atom is 0.262 e. The molecule has 0 fully saturated rings. The molecule has 2 rings (SSSR count). The van der Waals surface area contributed by atoms with Gasteiger partial charge in [0.05, 0.1) is 15.6 Å². The molecule has 108 valence electrons. The van der Waals surface area contributed by atoms with Gasteiger partial charge in [0.2, 0.25) is 0 Å². The van der Waals surface area contributed by atoms with Crippen LogP contribution in [0.15, 0.2) is 34.5 Å². The molecular formula is C13H15ClN2O2S2. The second kappa shape index (κ2) is 6.13. The number of halogens is 1. The highest BCUT2D eigenvalue weighted by molar-refractivity contribution is 7.92. The topological polar surface area (TPSA) is 58.2 Å². The van der Waals surface area contributed by atoms with Crippen LogP contribution in [0, 0.1) is 6.92 Å². The second-order valence-corrected chi connectivity index (χ2v) is 7.45. The zero-order valence-electron chi connectivity index (χ0n) is 11.1. The molecule has 0 bridgehead atoms. The van der Waals surface area contributed by atoms with Crippen molar-refractivity contribution in [1.29, 1.82) is 0 Å². The molecule has 2 N–H and O–H groups in total. The monoisotopic (exact) mass is 330 g/mol. The maximum atomic E-state index is 12.3. The van der Waals surface area contributed by atoms with Crippen LogP contribution in [0.5, 0.6) is 0 Å². The van der Waals surface area contributed by atoms with E-state index in [0.29, 0.717) is 17.3 Å². The van der Waals surface area contributed by atoms with Gasteiger partial charge in [0.15, 0.2) is 0 Å². The standard InChI is InChI=1S/C13H15ClN2O2S2/c1-9-3-4-13(12(14)5-9)16-20(17,18)11-6-10(7-15-2)19-8-11/h3-6,8,15-16H,7H2,1-2H3. The molecule has 1 aromatic carbocycles. The van der Waals surface area contributed by atoms with Crippen LogP contribution >= 0.6 is 22.9 Å². The van der Waals surface area contributed by atoms with E-state index >= 15 is 0 Å². The smallest absolute Gasteiger partial charge is 0.262 e. The molecule has 0 saturated carbocycles. The fourth-order valence-corrected chi connectivity index (χ4v) is 4.38. The van der Waals surface area contributed by atoms with Crippen LogP contribution in [-0.2, 0) is 16.6 Å². The normalized spacial score (nSPS) is 11.6. The van der Waals surface area contributed by atoms with E-state index in [1.165, 1.54) is 11.3 Å². The molecule has 0 amide bonds. The van der Waals surface area contributed by atoms with Crippen LogP contribution in [0.1, 0.15) is 10.4 Å². The molecule has 2 aromatic rings. The lowest BCUT2D eigenvalue weighted by Crippen LogP contribution is -2.12. The summed E-state index contributed by atoms with van der Waals surface area (Å²) in [6, 6.07) is 6.85. The fourth-order valence-electron chi connectivity index (χ4n) is 1.67. The predicted octanol–water partition coefficient (Wildman–Crippen LogP) is 3.23. The zero-order valence-corrected chi connectivity index (χ0v) is 13.5. The highest BCUT2D eigenvalue weighted by atomic mass is 35.5. The number of benzene rings is 1. The summed E-state index contributed by atoms with van der Waals surface area (Å²) in [7, 11) is -1.78. The van der Waals surface area contributed by atoms with Crippen molar-refractivity contribution in [3.8, 4) is 0 Å². The number of nitrogens with one attached hydrogen (secondary N) is 2. The number of aryl methyl sites for hydroxylation is 1. The highest BCUT2D eigenvalue weighted by Gasteiger charge is 2.17. The van der Waals surface area contributed by atoms with Gasteiger partial charge in [-0.05, 0) is 37.7 Å². The van der Waals surface area contributed by atoms with Gasteiger partial charge < -0.3 is 5.32 Å². The van der Waals surface area contributed by atoms with E-state index in [0.717, 1.165) is 10.4 Å². The lowest BCUT2D eigenvalue weighted by atomic mass is 10.2. The lowest BCUT2D eigenvalue weighted by molar-refractivity contribution is 0.601. The number of anilines is 1. The van der Waals surface area contributed by atoms with Crippen LogP contribution in [0.25, 0.3) is 0 Å². The molecule has 0 spiro atoms. The summed E-state index contributed by atoms with van der Waals surface area (Å²) >= 11 is 7.45. The molecule has 0 radical (unpaired) electrons. The number of hydrogen-bond donors (Lipinski definition) is 2. The minimum atomic E-state index is -3.60. The first-order valence-corrected chi connectivity index (χ1v) is 8.67. The molecule has 0 aliphatic heterocycles. The summed E-state index contributed by atoms with van der Waals surface area (Å²) < 4.78 is 27.1. The Morgan fingerprint density at radius 2 is 2.05 bits per heavy atom. The van der Waals surface area contributed by atoms with E-state index < -0.39 is 10.0 Å². The molecule has 0 saturated heterocycles. The molecular weight excluding hydrogens is 316 g/mol. The van der Waals surface area contributed by atoms with E-state index in [4.69, 9.17) is 11.6 Å². The summed E-state index contributed by atoms with van der Waals surface area (Å²) in [5.41, 5.74) is 1.36. The number of rotatable bonds is 5. The first-order chi connectivity index (χ1) is 9.42. The largest absolute Gasteiger partial charge is 0.315 e. The van der Waals surface area contributed by atoms with Crippen molar-refractivity contribution >= 4 is 38.6 Å². The van der Waals surface area contributed by atoms with E-state index in [9.17, 15) is 8.42 Å². The van der Waals surface area contributed by atoms with Gasteiger partial charge in [-0.15, -0.1) is 11.3 Å². The van der Waals surface area contributed by atoms with Gasteiger partial charge in [0.1, 0.15) is 0 Å². The summed E-state index contributed by atoms with van der Waals surface area (Å²) in [6.07, 6.45) is 0. The van der Waals surface area contributed by atoms with Crippen LogP contribution in [-0.4, -0.2) is 15.5 Å². The lowest BCUT2D eigenvalue weighted by Gasteiger charge is -2.08. The molecule has 1 heterocycles. The quantitative estimate of drug-likeness (QED) is 0.885. The Balaban J connectivity index is 2.26. The van der Waals surface area contributed by atoms with Gasteiger partial charge in [0.25, 0.3) is 10.0 Å². The van der Waals surface area contributed by atoms with E-state index in [2.05, 4.69) is 10.0 Å². The highest BCUT2D eigenvalue weighted by Crippen LogP contribution is 2.27. The van der Waals surface area contributed by atoms with Gasteiger partial charge >= 0.3 is 0 Å². The first kappa shape index (κ1) is 15.3. The average Bonchev–Trinajstić information content (AvgIpc) is 2.83. The molecule has 7 heteroatoms. The van der Waals surface area contributed by atoms with Crippen LogP contribution in [0.4, 0.5) is 5.69 Å². The van der Waals surface area contributed by atoms with Gasteiger partial charge in [-0.25, -0.2) is 8.42 Å². The Labute approximate surface area is 127 Å². The number of thiophene rings is 1. The van der Waals surface area contributed by atoms with E-state index in [-0.39, 0.29) is 4.90 Å². The number of sulfonamides is 1. The van der Waals surface area contributed by atoms with Crippen molar-refractivity contribution in [2.75, 3.05) is 11.8 Å². The second-order valence-electron chi connectivity index (χ2n) is 4.37. The molecule has 0 aliphatic rings. The predicted molar refractivity (Wildman–Crippen MR) is 84.1 cm³/mol. The Hall–Kier alpha value is -1.08. The van der Waals surface area contributed by atoms with Crippen molar-refractivity contribution in [2.24, 2.45) is 0 Å². The molecule has 20 heavy (non-hydrogen) atoms. The molecule has 4 nitrogen and oxygen atoms in total. The van der Waals surface area contributed by atoms with Crippen LogP contribution in [0.2, 0.25) is 5.02 Å². The third-order valence-corrected chi connectivity index (χ3v) is 5.40. The molecule has 0 unspecified atom stereocenters. The SMILES string of the molecule is CNCc1cc(S(=O)(=O)Nc2ccc(C)cc2Cl)cs1. The Morgan fingerprint density at radius 3 is 2.70 bits per heavy atom. The van der Waals surface area contributed by atoms with Crippen LogP contribution in [0.3, 0.4) is 0 Å². The van der Waals surface area contributed by atoms with E-state index in [1.807, 2.05) is 20.0 Å². The van der Waals surface area contributed by atoms with Crippen molar-refractivity contribution in [3.63, 3.8) is 0 Å². The summed E-state index contributed by atoms with van der Waals surface area (Å²) in [4.78, 5) is 1.22. The first-order valence-electron chi connectivity index (χ1n) is 5.93. The average molecular weight is 331 g/mol. The Morgan fingerprint density at radius 1 is 1.30 bits per heavy atom. The Bertz CT molecular complexity index is 711. The van der Waals surface area contributed by atoms with Crippen molar-refractivity contribution in [2.45, 2.75) is 18.4 Å². The summed E-state index contributed by atoms with van der Waals surface area (Å²) in [5.74, 6) is 0. The minimum Gasteiger partial charge on any atom is -0.315 e. The molecule has 1 aromatic heterocycles. The maximum absolute atomic E-state index is 12.3. The Kier molecular flexibility index (Phi) is 4.70. The number of hydrogen-bond acceptors (Lipinski definition) is 4. The van der Waals surface area contributed by atoms with Crippen molar-refractivity contribution < 1.29 is 8.42 Å².